The molecule has 2 aromatic carbocycles. The summed E-state index contributed by atoms with van der Waals surface area (Å²) in [6.45, 7) is 2.56. The van der Waals surface area contributed by atoms with Gasteiger partial charge in [0.05, 0.1) is 12.8 Å². The fraction of sp³-hybridized carbons (Fsp3) is 0.125. The number of ether oxygens (including phenoxy) is 1. The second-order valence-corrected chi connectivity index (χ2v) is 4.64. The fourth-order valence-electron chi connectivity index (χ4n) is 1.65. The van der Waals surface area contributed by atoms with Crippen molar-refractivity contribution in [2.45, 2.75) is 6.92 Å². The van der Waals surface area contributed by atoms with E-state index in [1.54, 1.807) is 30.5 Å². The summed E-state index contributed by atoms with van der Waals surface area (Å²) in [4.78, 5) is 11.8. The maximum Gasteiger partial charge on any atom is 0.271 e. The van der Waals surface area contributed by atoms with E-state index >= 15 is 0 Å². The van der Waals surface area contributed by atoms with Crippen LogP contribution in [-0.4, -0.2) is 18.7 Å². The Morgan fingerprint density at radius 1 is 1.19 bits per heavy atom. The van der Waals surface area contributed by atoms with E-state index < -0.39 is 0 Å². The molecular weight excluding hydrogens is 288 g/mol. The summed E-state index contributed by atoms with van der Waals surface area (Å²) in [6, 6.07) is 14.0. The number of halogens is 1. The average Bonchev–Trinajstić information content (AvgIpc) is 2.50. The van der Waals surface area contributed by atoms with Crippen LogP contribution in [0.5, 0.6) is 5.75 Å². The van der Waals surface area contributed by atoms with Crippen molar-refractivity contribution in [2.24, 2.45) is 5.10 Å². The van der Waals surface area contributed by atoms with Crippen LogP contribution in [0.2, 0.25) is 5.02 Å². The van der Waals surface area contributed by atoms with E-state index in [9.17, 15) is 4.79 Å². The van der Waals surface area contributed by atoms with Gasteiger partial charge in [-0.25, -0.2) is 5.43 Å². The van der Waals surface area contributed by atoms with E-state index in [4.69, 9.17) is 16.3 Å². The number of hydrazone groups is 1. The molecule has 1 N–H and O–H groups in total. The monoisotopic (exact) mass is 302 g/mol. The highest BCUT2D eigenvalue weighted by atomic mass is 35.5. The maximum atomic E-state index is 11.8. The molecule has 0 aliphatic rings. The first-order valence-electron chi connectivity index (χ1n) is 6.51. The van der Waals surface area contributed by atoms with Gasteiger partial charge in [0.15, 0.2) is 0 Å². The predicted octanol–water partition coefficient (Wildman–Crippen LogP) is 3.50. The largest absolute Gasteiger partial charge is 0.494 e. The number of nitrogens with one attached hydrogen (secondary N) is 1. The Hall–Kier alpha value is -2.33. The Morgan fingerprint density at radius 3 is 2.48 bits per heavy atom. The lowest BCUT2D eigenvalue weighted by Gasteiger charge is -2.02. The topological polar surface area (TPSA) is 50.7 Å². The number of benzene rings is 2. The SMILES string of the molecule is CCOc1ccc(/C=N/NC(=O)c2ccc(Cl)cc2)cc1. The van der Waals surface area contributed by atoms with E-state index in [0.717, 1.165) is 11.3 Å². The molecule has 0 saturated carbocycles. The van der Waals surface area contributed by atoms with E-state index in [1.165, 1.54) is 0 Å². The normalized spacial score (nSPS) is 10.6. The molecule has 0 saturated heterocycles. The average molecular weight is 303 g/mol. The van der Waals surface area contributed by atoms with Crippen molar-refractivity contribution in [3.8, 4) is 5.75 Å². The minimum absolute atomic E-state index is 0.283. The summed E-state index contributed by atoms with van der Waals surface area (Å²) >= 11 is 5.76. The first-order valence-corrected chi connectivity index (χ1v) is 6.88. The highest BCUT2D eigenvalue weighted by Gasteiger charge is 2.02. The number of carbonyl (C=O) groups excluding carboxylic acids is 1. The summed E-state index contributed by atoms with van der Waals surface area (Å²) in [5, 5.41) is 4.51. The van der Waals surface area contributed by atoms with Gasteiger partial charge in [-0.1, -0.05) is 11.6 Å². The van der Waals surface area contributed by atoms with Crippen molar-refractivity contribution < 1.29 is 9.53 Å². The molecule has 0 spiro atoms. The maximum absolute atomic E-state index is 11.8. The van der Waals surface area contributed by atoms with E-state index in [2.05, 4.69) is 10.5 Å². The highest BCUT2D eigenvalue weighted by molar-refractivity contribution is 6.30. The third-order valence-electron chi connectivity index (χ3n) is 2.68. The van der Waals surface area contributed by atoms with Gasteiger partial charge in [-0.05, 0) is 61.0 Å². The van der Waals surface area contributed by atoms with Crippen molar-refractivity contribution in [2.75, 3.05) is 6.61 Å². The minimum atomic E-state index is -0.283. The molecule has 1 amide bonds. The van der Waals surface area contributed by atoms with Crippen LogP contribution in [0.3, 0.4) is 0 Å². The van der Waals surface area contributed by atoms with Crippen LogP contribution in [0, 0.1) is 0 Å². The summed E-state index contributed by atoms with van der Waals surface area (Å²) in [5.74, 6) is 0.522. The van der Waals surface area contributed by atoms with Crippen molar-refractivity contribution in [1.82, 2.24) is 5.43 Å². The van der Waals surface area contributed by atoms with Gasteiger partial charge < -0.3 is 4.74 Å². The predicted molar refractivity (Wildman–Crippen MR) is 84.1 cm³/mol. The Morgan fingerprint density at radius 2 is 1.86 bits per heavy atom. The third-order valence-corrected chi connectivity index (χ3v) is 2.93. The zero-order valence-electron chi connectivity index (χ0n) is 11.5. The summed E-state index contributed by atoms with van der Waals surface area (Å²) < 4.78 is 5.35. The molecule has 108 valence electrons. The van der Waals surface area contributed by atoms with Crippen LogP contribution in [0.4, 0.5) is 0 Å². The van der Waals surface area contributed by atoms with Gasteiger partial charge in [-0.15, -0.1) is 0 Å². The van der Waals surface area contributed by atoms with Crippen LogP contribution >= 0.6 is 11.6 Å². The molecule has 0 atom stereocenters. The quantitative estimate of drug-likeness (QED) is 0.679. The van der Waals surface area contributed by atoms with Crippen molar-refractivity contribution >= 4 is 23.7 Å². The van der Waals surface area contributed by atoms with E-state index in [1.807, 2.05) is 31.2 Å². The molecule has 0 bridgehead atoms. The molecule has 2 aromatic rings. The molecule has 0 aliphatic heterocycles. The number of carbonyl (C=O) groups is 1. The lowest BCUT2D eigenvalue weighted by molar-refractivity contribution is 0.0955. The zero-order chi connectivity index (χ0) is 15.1. The van der Waals surface area contributed by atoms with E-state index in [0.29, 0.717) is 17.2 Å². The van der Waals surface area contributed by atoms with E-state index in [-0.39, 0.29) is 5.91 Å². The van der Waals surface area contributed by atoms with Crippen LogP contribution in [0.1, 0.15) is 22.8 Å². The number of hydrogen-bond donors (Lipinski definition) is 1. The number of nitrogens with zero attached hydrogens (tertiary/aromatic N) is 1. The number of rotatable bonds is 5. The Labute approximate surface area is 128 Å². The Balaban J connectivity index is 1.92. The third kappa shape index (κ3) is 4.61. The Kier molecular flexibility index (Phi) is 5.35. The smallest absolute Gasteiger partial charge is 0.271 e. The first kappa shape index (κ1) is 15.1. The summed E-state index contributed by atoms with van der Waals surface area (Å²) in [6.07, 6.45) is 1.57. The summed E-state index contributed by atoms with van der Waals surface area (Å²) in [7, 11) is 0. The highest BCUT2D eigenvalue weighted by Crippen LogP contribution is 2.11. The van der Waals surface area contributed by atoms with Gasteiger partial charge >= 0.3 is 0 Å². The molecule has 0 unspecified atom stereocenters. The molecule has 21 heavy (non-hydrogen) atoms. The van der Waals surface area contributed by atoms with Crippen LogP contribution in [-0.2, 0) is 0 Å². The van der Waals surface area contributed by atoms with Gasteiger partial charge in [0.25, 0.3) is 5.91 Å². The van der Waals surface area contributed by atoms with Gasteiger partial charge in [0.2, 0.25) is 0 Å². The van der Waals surface area contributed by atoms with Gasteiger partial charge in [-0.2, -0.15) is 5.10 Å². The van der Waals surface area contributed by atoms with Gasteiger partial charge in [0.1, 0.15) is 5.75 Å². The van der Waals surface area contributed by atoms with Crippen LogP contribution in [0.25, 0.3) is 0 Å². The number of hydrogen-bond acceptors (Lipinski definition) is 3. The molecule has 0 radical (unpaired) electrons. The molecule has 4 nitrogen and oxygen atoms in total. The first-order chi connectivity index (χ1) is 10.2. The minimum Gasteiger partial charge on any atom is -0.494 e. The van der Waals surface area contributed by atoms with Crippen LogP contribution in [0.15, 0.2) is 53.6 Å². The molecule has 5 heteroatoms. The summed E-state index contributed by atoms with van der Waals surface area (Å²) in [5.41, 5.74) is 3.84. The molecule has 2 rings (SSSR count). The van der Waals surface area contributed by atoms with Crippen molar-refractivity contribution in [3.05, 3.63) is 64.7 Å². The molecule has 0 aromatic heterocycles. The van der Waals surface area contributed by atoms with Crippen molar-refractivity contribution in [1.29, 1.82) is 0 Å². The standard InChI is InChI=1S/C16H15ClN2O2/c1-2-21-15-9-3-12(4-10-15)11-18-19-16(20)13-5-7-14(17)8-6-13/h3-11H,2H2,1H3,(H,19,20)/b18-11+. The second-order valence-electron chi connectivity index (χ2n) is 4.21. The zero-order valence-corrected chi connectivity index (χ0v) is 12.3. The number of amides is 1. The molecular formula is C16H15ClN2O2. The Bertz CT molecular complexity index is 622. The second kappa shape index (κ2) is 7.45. The molecule has 0 heterocycles. The fourth-order valence-corrected chi connectivity index (χ4v) is 1.77. The van der Waals surface area contributed by atoms with Crippen molar-refractivity contribution in [3.63, 3.8) is 0 Å². The molecule has 0 aliphatic carbocycles. The lowest BCUT2D eigenvalue weighted by Crippen LogP contribution is -2.17. The lowest BCUT2D eigenvalue weighted by atomic mass is 10.2. The van der Waals surface area contributed by atoms with Gasteiger partial charge in [-0.3, -0.25) is 4.79 Å². The van der Waals surface area contributed by atoms with Crippen LogP contribution < -0.4 is 10.2 Å². The molecule has 0 fully saturated rings. The van der Waals surface area contributed by atoms with Gasteiger partial charge in [0, 0.05) is 10.6 Å².